The molecule has 0 saturated heterocycles. The molecule has 1 aromatic carbocycles. The summed E-state index contributed by atoms with van der Waals surface area (Å²) in [4.78, 5) is 4.36. The van der Waals surface area contributed by atoms with Crippen LogP contribution in [0.1, 0.15) is 5.56 Å². The Bertz CT molecular complexity index is 598. The lowest BCUT2D eigenvalue weighted by molar-refractivity contribution is 0.602. The van der Waals surface area contributed by atoms with E-state index in [0.717, 1.165) is 12.0 Å². The van der Waals surface area contributed by atoms with Crippen molar-refractivity contribution in [2.45, 2.75) is 11.3 Å². The maximum Gasteiger partial charge on any atom is 0.191 e. The van der Waals surface area contributed by atoms with Gasteiger partial charge in [-0.15, -0.1) is 6.42 Å². The van der Waals surface area contributed by atoms with Crippen molar-refractivity contribution >= 4 is 15.8 Å². The van der Waals surface area contributed by atoms with E-state index in [2.05, 4.69) is 21.5 Å². The van der Waals surface area contributed by atoms with Gasteiger partial charge in [-0.05, 0) is 24.1 Å². The largest absolute Gasteiger partial charge is 0.356 e. The first-order chi connectivity index (χ1) is 9.47. The highest BCUT2D eigenvalue weighted by Crippen LogP contribution is 2.10. The van der Waals surface area contributed by atoms with E-state index in [1.54, 1.807) is 19.2 Å². The Hall–Kier alpha value is -2.00. The Labute approximate surface area is 120 Å². The van der Waals surface area contributed by atoms with Crippen LogP contribution in [0.25, 0.3) is 0 Å². The molecule has 0 aliphatic carbocycles. The fraction of sp³-hybridized carbons (Fsp3) is 0.357. The maximum atomic E-state index is 11.3. The lowest BCUT2D eigenvalue weighted by atomic mass is 10.1. The van der Waals surface area contributed by atoms with Crippen molar-refractivity contribution in [3.05, 3.63) is 29.8 Å². The van der Waals surface area contributed by atoms with E-state index in [9.17, 15) is 8.42 Å². The van der Waals surface area contributed by atoms with Crippen LogP contribution in [0.2, 0.25) is 0 Å². The molecule has 0 unspecified atom stereocenters. The van der Waals surface area contributed by atoms with E-state index >= 15 is 0 Å². The number of hydrogen-bond acceptors (Lipinski definition) is 3. The summed E-state index contributed by atoms with van der Waals surface area (Å²) in [5, 5.41) is 6.08. The molecule has 0 heterocycles. The third kappa shape index (κ3) is 5.33. The van der Waals surface area contributed by atoms with Crippen LogP contribution >= 0.6 is 0 Å². The molecule has 1 aromatic rings. The highest BCUT2D eigenvalue weighted by molar-refractivity contribution is 7.90. The zero-order valence-electron chi connectivity index (χ0n) is 11.7. The van der Waals surface area contributed by atoms with Crippen LogP contribution in [0.15, 0.2) is 34.2 Å². The molecule has 0 fully saturated rings. The van der Waals surface area contributed by atoms with Gasteiger partial charge in [-0.1, -0.05) is 18.1 Å². The van der Waals surface area contributed by atoms with E-state index in [-0.39, 0.29) is 0 Å². The molecule has 0 atom stereocenters. The summed E-state index contributed by atoms with van der Waals surface area (Å²) in [7, 11) is -1.46. The van der Waals surface area contributed by atoms with Crippen LogP contribution in [0.5, 0.6) is 0 Å². The van der Waals surface area contributed by atoms with Crippen LogP contribution in [0.4, 0.5) is 0 Å². The first-order valence-electron chi connectivity index (χ1n) is 6.14. The summed E-state index contributed by atoms with van der Waals surface area (Å²) in [6, 6.07) is 6.87. The van der Waals surface area contributed by atoms with Crippen molar-refractivity contribution in [1.29, 1.82) is 0 Å². The molecular formula is C14H19N3O2S. The van der Waals surface area contributed by atoms with E-state index in [0.29, 0.717) is 23.9 Å². The second kappa shape index (κ2) is 7.56. The number of aliphatic imine (C=N–C) groups is 1. The number of sulfone groups is 1. The molecule has 108 valence electrons. The first kappa shape index (κ1) is 16.1. The summed E-state index contributed by atoms with van der Waals surface area (Å²) in [5.41, 5.74) is 1.05. The summed E-state index contributed by atoms with van der Waals surface area (Å²) in [5.74, 6) is 3.12. The van der Waals surface area contributed by atoms with Crippen molar-refractivity contribution in [2.24, 2.45) is 4.99 Å². The Morgan fingerprint density at radius 2 is 1.95 bits per heavy atom. The normalized spacial score (nSPS) is 11.8. The van der Waals surface area contributed by atoms with Gasteiger partial charge >= 0.3 is 0 Å². The van der Waals surface area contributed by atoms with Gasteiger partial charge in [-0.2, -0.15) is 0 Å². The van der Waals surface area contributed by atoms with Gasteiger partial charge in [0.1, 0.15) is 0 Å². The summed E-state index contributed by atoms with van der Waals surface area (Å²) >= 11 is 0. The fourth-order valence-corrected chi connectivity index (χ4v) is 2.21. The lowest BCUT2D eigenvalue weighted by Crippen LogP contribution is -2.38. The van der Waals surface area contributed by atoms with Crippen LogP contribution < -0.4 is 10.6 Å². The lowest BCUT2D eigenvalue weighted by Gasteiger charge is -2.10. The molecule has 0 spiro atoms. The van der Waals surface area contributed by atoms with Gasteiger partial charge in [-0.25, -0.2) is 8.42 Å². The van der Waals surface area contributed by atoms with Crippen LogP contribution in [0.3, 0.4) is 0 Å². The molecular weight excluding hydrogens is 274 g/mol. The number of terminal acetylenes is 1. The van der Waals surface area contributed by atoms with Crippen LogP contribution in [0, 0.1) is 12.3 Å². The van der Waals surface area contributed by atoms with Gasteiger partial charge in [0.2, 0.25) is 0 Å². The van der Waals surface area contributed by atoms with Gasteiger partial charge in [0.05, 0.1) is 11.4 Å². The minimum Gasteiger partial charge on any atom is -0.356 e. The Morgan fingerprint density at radius 3 is 2.45 bits per heavy atom. The molecule has 0 saturated carbocycles. The zero-order valence-corrected chi connectivity index (χ0v) is 12.5. The number of guanidine groups is 1. The van der Waals surface area contributed by atoms with Gasteiger partial charge in [0.25, 0.3) is 0 Å². The highest BCUT2D eigenvalue weighted by Gasteiger charge is 2.05. The molecule has 1 rings (SSSR count). The molecule has 0 aliphatic heterocycles. The molecule has 0 bridgehead atoms. The fourth-order valence-electron chi connectivity index (χ4n) is 1.58. The second-order valence-corrected chi connectivity index (χ2v) is 6.24. The van der Waals surface area contributed by atoms with Crippen molar-refractivity contribution in [1.82, 2.24) is 10.6 Å². The SMILES string of the molecule is C#CCNC(=NC)NCCc1ccc(S(C)(=O)=O)cc1. The first-order valence-corrected chi connectivity index (χ1v) is 8.03. The molecule has 5 nitrogen and oxygen atoms in total. The number of nitrogens with one attached hydrogen (secondary N) is 2. The quantitative estimate of drug-likeness (QED) is 0.469. The predicted octanol–water partition coefficient (Wildman–Crippen LogP) is 0.431. The number of nitrogens with zero attached hydrogens (tertiary/aromatic N) is 1. The van der Waals surface area contributed by atoms with Crippen molar-refractivity contribution in [3.8, 4) is 12.3 Å². The molecule has 20 heavy (non-hydrogen) atoms. The van der Waals surface area contributed by atoms with E-state index in [1.165, 1.54) is 6.26 Å². The number of hydrogen-bond donors (Lipinski definition) is 2. The Morgan fingerprint density at radius 1 is 1.30 bits per heavy atom. The van der Waals surface area contributed by atoms with Crippen molar-refractivity contribution in [2.75, 3.05) is 26.4 Å². The standard InChI is InChI=1S/C14H19N3O2S/c1-4-10-16-14(15-2)17-11-9-12-5-7-13(8-6-12)20(3,18)19/h1,5-8H,9-11H2,2-3H3,(H2,15,16,17). The molecule has 0 amide bonds. The Kier molecular flexibility index (Phi) is 6.07. The highest BCUT2D eigenvalue weighted by atomic mass is 32.2. The van der Waals surface area contributed by atoms with Gasteiger partial charge in [0.15, 0.2) is 15.8 Å². The van der Waals surface area contributed by atoms with Crippen molar-refractivity contribution < 1.29 is 8.42 Å². The Balaban J connectivity index is 2.49. The van der Waals surface area contributed by atoms with Gasteiger partial charge < -0.3 is 10.6 Å². The minimum atomic E-state index is -3.13. The molecule has 6 heteroatoms. The molecule has 0 aliphatic rings. The van der Waals surface area contributed by atoms with Gasteiger partial charge in [0, 0.05) is 19.8 Å². The van der Waals surface area contributed by atoms with E-state index < -0.39 is 9.84 Å². The predicted molar refractivity (Wildman–Crippen MR) is 81.5 cm³/mol. The molecule has 2 N–H and O–H groups in total. The number of rotatable bonds is 5. The third-order valence-corrected chi connectivity index (χ3v) is 3.77. The average Bonchev–Trinajstić information content (AvgIpc) is 2.42. The van der Waals surface area contributed by atoms with E-state index in [4.69, 9.17) is 6.42 Å². The van der Waals surface area contributed by atoms with Crippen LogP contribution in [-0.4, -0.2) is 40.8 Å². The van der Waals surface area contributed by atoms with Gasteiger partial charge in [-0.3, -0.25) is 4.99 Å². The molecule has 0 radical (unpaired) electrons. The summed E-state index contributed by atoms with van der Waals surface area (Å²) in [6.07, 6.45) is 7.12. The summed E-state index contributed by atoms with van der Waals surface area (Å²) in [6.45, 7) is 1.10. The topological polar surface area (TPSA) is 70.6 Å². The number of benzene rings is 1. The molecule has 0 aromatic heterocycles. The van der Waals surface area contributed by atoms with Crippen molar-refractivity contribution in [3.63, 3.8) is 0 Å². The maximum absolute atomic E-state index is 11.3. The average molecular weight is 293 g/mol. The third-order valence-electron chi connectivity index (χ3n) is 2.64. The van der Waals surface area contributed by atoms with E-state index in [1.807, 2.05) is 12.1 Å². The second-order valence-electron chi connectivity index (χ2n) is 4.22. The monoisotopic (exact) mass is 293 g/mol. The summed E-state index contributed by atoms with van der Waals surface area (Å²) < 4.78 is 22.7. The van der Waals surface area contributed by atoms with Crippen LogP contribution in [-0.2, 0) is 16.3 Å². The minimum absolute atomic E-state index is 0.334. The zero-order chi connectivity index (χ0) is 15.0. The smallest absolute Gasteiger partial charge is 0.191 e.